The molecule has 2 aromatic carbocycles. The molecule has 1 fully saturated rings. The molecule has 0 aliphatic carbocycles. The lowest BCUT2D eigenvalue weighted by Gasteiger charge is -2.34. The molecule has 2 aromatic rings. The molecule has 4 rings (SSSR count). The van der Waals surface area contributed by atoms with Gasteiger partial charge in [-0.1, -0.05) is 11.6 Å². The standard InChI is InChI=1S/C21H25ClN2O4/c1-26-20-9-14(17(22)11-18(20)25)12-24-6-2-3-16(13-24)23-15-4-5-19-21(10-15)28-8-7-27-19/h4-5,9-11,16,23,25H,2-3,6-8,12-13H2,1H3. The average Bonchev–Trinajstić information content (AvgIpc) is 2.70. The molecule has 0 bridgehead atoms. The van der Waals surface area contributed by atoms with E-state index in [1.807, 2.05) is 24.3 Å². The molecule has 1 saturated heterocycles. The van der Waals surface area contributed by atoms with Gasteiger partial charge in [-0.15, -0.1) is 0 Å². The third-order valence-corrected chi connectivity index (χ3v) is 5.51. The van der Waals surface area contributed by atoms with Gasteiger partial charge in [-0.3, -0.25) is 4.90 Å². The number of phenols is 1. The summed E-state index contributed by atoms with van der Waals surface area (Å²) < 4.78 is 16.5. The third kappa shape index (κ3) is 4.23. The number of methoxy groups -OCH3 is 1. The molecule has 2 aliphatic rings. The summed E-state index contributed by atoms with van der Waals surface area (Å²) in [5.41, 5.74) is 2.00. The molecule has 150 valence electrons. The van der Waals surface area contributed by atoms with Crippen molar-refractivity contribution in [3.05, 3.63) is 40.9 Å². The van der Waals surface area contributed by atoms with Crippen molar-refractivity contribution in [2.45, 2.75) is 25.4 Å². The Bertz CT molecular complexity index is 845. The molecule has 1 atom stereocenters. The molecule has 2 N–H and O–H groups in total. The topological polar surface area (TPSA) is 63.2 Å². The minimum absolute atomic E-state index is 0.0630. The lowest BCUT2D eigenvalue weighted by Crippen LogP contribution is -2.41. The van der Waals surface area contributed by atoms with E-state index in [4.69, 9.17) is 25.8 Å². The maximum Gasteiger partial charge on any atom is 0.163 e. The van der Waals surface area contributed by atoms with E-state index < -0.39 is 0 Å². The van der Waals surface area contributed by atoms with Gasteiger partial charge in [-0.25, -0.2) is 0 Å². The highest BCUT2D eigenvalue weighted by atomic mass is 35.5. The summed E-state index contributed by atoms with van der Waals surface area (Å²) in [6.45, 7) is 3.83. The number of nitrogens with one attached hydrogen (secondary N) is 1. The van der Waals surface area contributed by atoms with Crippen LogP contribution in [0.15, 0.2) is 30.3 Å². The Morgan fingerprint density at radius 2 is 2.04 bits per heavy atom. The van der Waals surface area contributed by atoms with Crippen molar-refractivity contribution in [1.29, 1.82) is 0 Å². The van der Waals surface area contributed by atoms with Crippen LogP contribution in [0.4, 0.5) is 5.69 Å². The zero-order valence-corrected chi connectivity index (χ0v) is 16.7. The first-order valence-electron chi connectivity index (χ1n) is 9.56. The molecule has 1 unspecified atom stereocenters. The normalized spacial score (nSPS) is 19.3. The van der Waals surface area contributed by atoms with Crippen LogP contribution in [0.25, 0.3) is 0 Å². The molecule has 7 heteroatoms. The molecule has 0 aromatic heterocycles. The van der Waals surface area contributed by atoms with Crippen molar-refractivity contribution >= 4 is 17.3 Å². The molecule has 0 saturated carbocycles. The number of anilines is 1. The van der Waals surface area contributed by atoms with Gasteiger partial charge in [0.1, 0.15) is 13.2 Å². The molecule has 0 amide bonds. The number of benzene rings is 2. The first kappa shape index (κ1) is 19.0. The van der Waals surface area contributed by atoms with Crippen molar-refractivity contribution in [2.24, 2.45) is 0 Å². The predicted octanol–water partition coefficient (Wildman–Crippen LogP) is 3.90. The monoisotopic (exact) mass is 404 g/mol. The smallest absolute Gasteiger partial charge is 0.163 e. The van der Waals surface area contributed by atoms with E-state index in [9.17, 15) is 5.11 Å². The fourth-order valence-corrected chi connectivity index (χ4v) is 4.01. The molecule has 28 heavy (non-hydrogen) atoms. The van der Waals surface area contributed by atoms with E-state index in [0.717, 1.165) is 55.2 Å². The van der Waals surface area contributed by atoms with Crippen molar-refractivity contribution < 1.29 is 19.3 Å². The Kier molecular flexibility index (Phi) is 5.69. The summed E-state index contributed by atoms with van der Waals surface area (Å²) in [6.07, 6.45) is 2.21. The lowest BCUT2D eigenvalue weighted by atomic mass is 10.0. The zero-order chi connectivity index (χ0) is 19.5. The van der Waals surface area contributed by atoms with E-state index in [-0.39, 0.29) is 5.75 Å². The second kappa shape index (κ2) is 8.37. The molecule has 0 radical (unpaired) electrons. The highest BCUT2D eigenvalue weighted by Crippen LogP contribution is 2.34. The minimum Gasteiger partial charge on any atom is -0.504 e. The van der Waals surface area contributed by atoms with Crippen molar-refractivity contribution in [1.82, 2.24) is 4.90 Å². The van der Waals surface area contributed by atoms with Crippen molar-refractivity contribution in [3.8, 4) is 23.0 Å². The number of ether oxygens (including phenoxy) is 3. The van der Waals surface area contributed by atoms with Gasteiger partial charge in [0.15, 0.2) is 23.0 Å². The van der Waals surface area contributed by atoms with Crippen LogP contribution in [0.2, 0.25) is 5.02 Å². The number of piperidine rings is 1. The first-order chi connectivity index (χ1) is 13.6. The average molecular weight is 405 g/mol. The van der Waals surface area contributed by atoms with Crippen LogP contribution in [0.3, 0.4) is 0 Å². The van der Waals surface area contributed by atoms with Gasteiger partial charge in [0.05, 0.1) is 7.11 Å². The molecule has 2 heterocycles. The number of hydrogen-bond donors (Lipinski definition) is 2. The highest BCUT2D eigenvalue weighted by Gasteiger charge is 2.22. The van der Waals surface area contributed by atoms with E-state index in [0.29, 0.717) is 30.0 Å². The molecule has 2 aliphatic heterocycles. The maximum absolute atomic E-state index is 9.86. The van der Waals surface area contributed by atoms with Crippen LogP contribution in [-0.2, 0) is 6.54 Å². The number of halogens is 1. The lowest BCUT2D eigenvalue weighted by molar-refractivity contribution is 0.171. The van der Waals surface area contributed by atoms with E-state index in [1.165, 1.54) is 0 Å². The van der Waals surface area contributed by atoms with Crippen LogP contribution in [-0.4, -0.2) is 49.5 Å². The van der Waals surface area contributed by atoms with Gasteiger partial charge >= 0.3 is 0 Å². The van der Waals surface area contributed by atoms with Crippen LogP contribution in [0.1, 0.15) is 18.4 Å². The van der Waals surface area contributed by atoms with Crippen LogP contribution in [0.5, 0.6) is 23.0 Å². The van der Waals surface area contributed by atoms with Gasteiger partial charge in [-0.05, 0) is 43.1 Å². The quantitative estimate of drug-likeness (QED) is 0.788. The summed E-state index contributed by atoms with van der Waals surface area (Å²) >= 11 is 6.33. The van der Waals surface area contributed by atoms with Crippen molar-refractivity contribution in [2.75, 3.05) is 38.7 Å². The van der Waals surface area contributed by atoms with E-state index in [2.05, 4.69) is 10.2 Å². The summed E-state index contributed by atoms with van der Waals surface area (Å²) in [4.78, 5) is 2.37. The Morgan fingerprint density at radius 3 is 2.86 bits per heavy atom. The summed E-state index contributed by atoms with van der Waals surface area (Å²) in [5.74, 6) is 2.11. The molecular weight excluding hydrogens is 380 g/mol. The Hall–Kier alpha value is -2.31. The van der Waals surface area contributed by atoms with Gasteiger partial charge in [-0.2, -0.15) is 0 Å². The largest absolute Gasteiger partial charge is 0.504 e. The SMILES string of the molecule is COc1cc(CN2CCCC(Nc3ccc4c(c3)OCCO4)C2)c(Cl)cc1O. The minimum atomic E-state index is 0.0630. The van der Waals surface area contributed by atoms with Gasteiger partial charge in [0.2, 0.25) is 0 Å². The molecule has 6 nitrogen and oxygen atoms in total. The van der Waals surface area contributed by atoms with E-state index in [1.54, 1.807) is 13.2 Å². The fraction of sp³-hybridized carbons (Fsp3) is 0.429. The van der Waals surface area contributed by atoms with Crippen LogP contribution >= 0.6 is 11.6 Å². The van der Waals surface area contributed by atoms with Crippen LogP contribution < -0.4 is 19.5 Å². The number of likely N-dealkylation sites (tertiary alicyclic amines) is 1. The number of phenolic OH excluding ortho intramolecular Hbond substituents is 1. The second-order valence-electron chi connectivity index (χ2n) is 7.19. The Morgan fingerprint density at radius 1 is 1.21 bits per heavy atom. The molecular formula is C21H25ClN2O4. The predicted molar refractivity (Wildman–Crippen MR) is 109 cm³/mol. The fourth-order valence-electron chi connectivity index (χ4n) is 3.80. The third-order valence-electron chi connectivity index (χ3n) is 5.16. The highest BCUT2D eigenvalue weighted by molar-refractivity contribution is 6.31. The summed E-state index contributed by atoms with van der Waals surface area (Å²) in [6, 6.07) is 9.71. The second-order valence-corrected chi connectivity index (χ2v) is 7.60. The Balaban J connectivity index is 1.41. The van der Waals surface area contributed by atoms with Crippen molar-refractivity contribution in [3.63, 3.8) is 0 Å². The van der Waals surface area contributed by atoms with Gasteiger partial charge in [0.25, 0.3) is 0 Å². The molecule has 0 spiro atoms. The number of nitrogens with zero attached hydrogens (tertiary/aromatic N) is 1. The van der Waals surface area contributed by atoms with Gasteiger partial charge < -0.3 is 24.6 Å². The summed E-state index contributed by atoms with van der Waals surface area (Å²) in [7, 11) is 1.54. The van der Waals surface area contributed by atoms with E-state index >= 15 is 0 Å². The first-order valence-corrected chi connectivity index (χ1v) is 9.94. The maximum atomic E-state index is 9.86. The Labute approximate surface area is 170 Å². The summed E-state index contributed by atoms with van der Waals surface area (Å²) in [5, 5.41) is 14.0. The van der Waals surface area contributed by atoms with Gasteiger partial charge in [0, 0.05) is 42.0 Å². The number of rotatable bonds is 5. The number of hydrogen-bond acceptors (Lipinski definition) is 6. The number of fused-ring (bicyclic) bond motifs is 1. The van der Waals surface area contributed by atoms with Crippen LogP contribution in [0, 0.1) is 0 Å². The zero-order valence-electron chi connectivity index (χ0n) is 15.9. The number of aromatic hydroxyl groups is 1.